The van der Waals surface area contributed by atoms with Crippen molar-refractivity contribution in [1.82, 2.24) is 15.3 Å². The monoisotopic (exact) mass is 268 g/mol. The van der Waals surface area contributed by atoms with Crippen LogP contribution in [-0.2, 0) is 16.0 Å². The van der Waals surface area contributed by atoms with Crippen LogP contribution >= 0.6 is 0 Å². The Kier molecular flexibility index (Phi) is 5.50. The van der Waals surface area contributed by atoms with E-state index in [-0.39, 0.29) is 12.3 Å². The summed E-state index contributed by atoms with van der Waals surface area (Å²) in [4.78, 5) is 29.6. The van der Waals surface area contributed by atoms with Gasteiger partial charge < -0.3 is 21.1 Å². The summed E-state index contributed by atoms with van der Waals surface area (Å²) < 4.78 is 0. The molecule has 0 aliphatic rings. The van der Waals surface area contributed by atoms with Crippen LogP contribution in [0.25, 0.3) is 0 Å². The molecule has 0 spiro atoms. The average molecular weight is 268 g/mol. The van der Waals surface area contributed by atoms with Crippen molar-refractivity contribution in [3.05, 3.63) is 18.2 Å². The number of nitrogens with one attached hydrogen (secondary N) is 2. The Balaban J connectivity index is 2.63. The molecule has 1 aromatic heterocycles. The molecule has 0 aliphatic carbocycles. The van der Waals surface area contributed by atoms with Gasteiger partial charge >= 0.3 is 5.97 Å². The van der Waals surface area contributed by atoms with E-state index >= 15 is 0 Å². The lowest BCUT2D eigenvalue weighted by atomic mass is 9.99. The number of aromatic amines is 1. The van der Waals surface area contributed by atoms with Gasteiger partial charge in [0.25, 0.3) is 0 Å². The van der Waals surface area contributed by atoms with Crippen molar-refractivity contribution in [3.8, 4) is 0 Å². The van der Waals surface area contributed by atoms with E-state index in [9.17, 15) is 9.59 Å². The van der Waals surface area contributed by atoms with Gasteiger partial charge in [0.15, 0.2) is 0 Å². The molecule has 7 nitrogen and oxygen atoms in total. The fourth-order valence-electron chi connectivity index (χ4n) is 1.60. The first-order chi connectivity index (χ1) is 8.95. The zero-order chi connectivity index (χ0) is 14.4. The highest BCUT2D eigenvalue weighted by molar-refractivity contribution is 5.87. The molecule has 0 saturated heterocycles. The second kappa shape index (κ2) is 6.89. The number of aliphatic carboxylic acids is 1. The maximum Gasteiger partial charge on any atom is 0.326 e. The minimum absolute atomic E-state index is 0.00148. The average Bonchev–Trinajstić information content (AvgIpc) is 2.88. The van der Waals surface area contributed by atoms with Crippen molar-refractivity contribution >= 4 is 11.9 Å². The molecule has 1 rings (SSSR count). The van der Waals surface area contributed by atoms with Crippen molar-refractivity contribution in [3.63, 3.8) is 0 Å². The highest BCUT2D eigenvalue weighted by Crippen LogP contribution is 2.06. The third-order valence-electron chi connectivity index (χ3n) is 3.15. The molecule has 1 heterocycles. The molecule has 1 aromatic rings. The first-order valence-corrected chi connectivity index (χ1v) is 6.21. The van der Waals surface area contributed by atoms with Crippen LogP contribution in [0.3, 0.4) is 0 Å². The number of hydrogen-bond donors (Lipinski definition) is 4. The Morgan fingerprint density at radius 2 is 2.26 bits per heavy atom. The van der Waals surface area contributed by atoms with Crippen LogP contribution < -0.4 is 11.1 Å². The number of H-pyrrole nitrogens is 1. The molecule has 1 amide bonds. The molecule has 2 unspecified atom stereocenters. The van der Waals surface area contributed by atoms with Crippen LogP contribution in [-0.4, -0.2) is 39.0 Å². The van der Waals surface area contributed by atoms with Crippen molar-refractivity contribution in [2.45, 2.75) is 38.8 Å². The van der Waals surface area contributed by atoms with Crippen molar-refractivity contribution in [2.75, 3.05) is 0 Å². The zero-order valence-electron chi connectivity index (χ0n) is 11.1. The SMILES string of the molecule is CCC(C)C(N)C(=O)N[C@@H](Cc1cnc[nH]1)C(=O)O. The highest BCUT2D eigenvalue weighted by atomic mass is 16.4. The van der Waals surface area contributed by atoms with Crippen LogP contribution in [0.15, 0.2) is 12.5 Å². The lowest BCUT2D eigenvalue weighted by Crippen LogP contribution is -2.51. The van der Waals surface area contributed by atoms with Gasteiger partial charge in [0.1, 0.15) is 6.04 Å². The third kappa shape index (κ3) is 4.36. The second-order valence-corrected chi connectivity index (χ2v) is 4.59. The van der Waals surface area contributed by atoms with Gasteiger partial charge in [-0.25, -0.2) is 9.78 Å². The Hall–Kier alpha value is -1.89. The maximum atomic E-state index is 11.9. The minimum Gasteiger partial charge on any atom is -0.480 e. The molecule has 0 bridgehead atoms. The fraction of sp³-hybridized carbons (Fsp3) is 0.583. The van der Waals surface area contributed by atoms with E-state index in [0.29, 0.717) is 5.69 Å². The van der Waals surface area contributed by atoms with E-state index in [4.69, 9.17) is 10.8 Å². The van der Waals surface area contributed by atoms with Gasteiger partial charge in [0, 0.05) is 18.3 Å². The zero-order valence-corrected chi connectivity index (χ0v) is 11.1. The predicted octanol–water partition coefficient (Wildman–Crippen LogP) is -0.105. The van der Waals surface area contributed by atoms with Crippen molar-refractivity contribution in [1.29, 1.82) is 0 Å². The van der Waals surface area contributed by atoms with Crippen LogP contribution in [0.4, 0.5) is 0 Å². The van der Waals surface area contributed by atoms with Crippen LogP contribution in [0.2, 0.25) is 0 Å². The van der Waals surface area contributed by atoms with E-state index in [2.05, 4.69) is 15.3 Å². The Bertz CT molecular complexity index is 419. The number of imidazole rings is 1. The summed E-state index contributed by atoms with van der Waals surface area (Å²) in [5, 5.41) is 11.6. The van der Waals surface area contributed by atoms with Gasteiger partial charge in [-0.05, 0) is 5.92 Å². The van der Waals surface area contributed by atoms with E-state index in [1.54, 1.807) is 0 Å². The molecule has 0 radical (unpaired) electrons. The topological polar surface area (TPSA) is 121 Å². The molecule has 3 atom stereocenters. The Morgan fingerprint density at radius 3 is 2.74 bits per heavy atom. The molecule has 106 valence electrons. The Morgan fingerprint density at radius 1 is 1.58 bits per heavy atom. The number of aromatic nitrogens is 2. The summed E-state index contributed by atoms with van der Waals surface area (Å²) in [5.41, 5.74) is 6.41. The van der Waals surface area contributed by atoms with Gasteiger partial charge in [0.2, 0.25) is 5.91 Å². The van der Waals surface area contributed by atoms with Gasteiger partial charge in [0.05, 0.1) is 12.4 Å². The standard InChI is InChI=1S/C12H20N4O3/c1-3-7(2)10(13)11(17)16-9(12(18)19)4-8-5-14-6-15-8/h5-7,9-10H,3-4,13H2,1-2H3,(H,14,15)(H,16,17)(H,18,19)/t7?,9-,10?/m0/s1. The first kappa shape index (κ1) is 15.2. The predicted molar refractivity (Wildman–Crippen MR) is 69.3 cm³/mol. The minimum atomic E-state index is -1.10. The molecule has 5 N–H and O–H groups in total. The van der Waals surface area contributed by atoms with E-state index in [0.717, 1.165) is 6.42 Å². The lowest BCUT2D eigenvalue weighted by Gasteiger charge is -2.20. The molecule has 0 aliphatic heterocycles. The van der Waals surface area contributed by atoms with Crippen LogP contribution in [0.1, 0.15) is 26.0 Å². The number of carboxylic acid groups (broad SMARTS) is 1. The number of nitrogens with two attached hydrogens (primary N) is 1. The number of carboxylic acids is 1. The number of carbonyl (C=O) groups excluding carboxylic acids is 1. The summed E-state index contributed by atoms with van der Waals surface area (Å²) in [7, 11) is 0. The number of carbonyl (C=O) groups is 2. The summed E-state index contributed by atoms with van der Waals surface area (Å²) in [5.74, 6) is -1.54. The van der Waals surface area contributed by atoms with Crippen LogP contribution in [0, 0.1) is 5.92 Å². The van der Waals surface area contributed by atoms with Crippen LogP contribution in [0.5, 0.6) is 0 Å². The lowest BCUT2D eigenvalue weighted by molar-refractivity contribution is -0.142. The summed E-state index contributed by atoms with van der Waals surface area (Å²) in [6.07, 6.45) is 3.89. The van der Waals surface area contributed by atoms with E-state index in [1.165, 1.54) is 12.5 Å². The number of hydrogen-bond acceptors (Lipinski definition) is 4. The molecular formula is C12H20N4O3. The summed E-state index contributed by atoms with van der Waals surface area (Å²) >= 11 is 0. The van der Waals surface area contributed by atoms with Gasteiger partial charge in [-0.1, -0.05) is 20.3 Å². The van der Waals surface area contributed by atoms with Gasteiger partial charge in [-0.15, -0.1) is 0 Å². The largest absolute Gasteiger partial charge is 0.480 e. The number of amides is 1. The Labute approximate surface area is 111 Å². The van der Waals surface area contributed by atoms with Gasteiger partial charge in [-0.2, -0.15) is 0 Å². The number of rotatable bonds is 7. The molecule has 0 fully saturated rings. The fourth-order valence-corrected chi connectivity index (χ4v) is 1.60. The number of nitrogens with zero attached hydrogens (tertiary/aromatic N) is 1. The molecule has 19 heavy (non-hydrogen) atoms. The third-order valence-corrected chi connectivity index (χ3v) is 3.15. The normalized spacial score (nSPS) is 15.5. The van der Waals surface area contributed by atoms with Crippen molar-refractivity contribution < 1.29 is 14.7 Å². The highest BCUT2D eigenvalue weighted by Gasteiger charge is 2.26. The summed E-state index contributed by atoms with van der Waals surface area (Å²) in [6.45, 7) is 3.78. The van der Waals surface area contributed by atoms with E-state index < -0.39 is 24.0 Å². The molecule has 0 aromatic carbocycles. The molecular weight excluding hydrogens is 248 g/mol. The molecule has 7 heteroatoms. The summed E-state index contributed by atoms with van der Waals surface area (Å²) in [6, 6.07) is -1.71. The quantitative estimate of drug-likeness (QED) is 0.550. The first-order valence-electron chi connectivity index (χ1n) is 6.21. The smallest absolute Gasteiger partial charge is 0.326 e. The van der Waals surface area contributed by atoms with Gasteiger partial charge in [-0.3, -0.25) is 4.79 Å². The van der Waals surface area contributed by atoms with Crippen molar-refractivity contribution in [2.24, 2.45) is 11.7 Å². The van der Waals surface area contributed by atoms with E-state index in [1.807, 2.05) is 13.8 Å². The maximum absolute atomic E-state index is 11.9. The second-order valence-electron chi connectivity index (χ2n) is 4.59. The molecule has 0 saturated carbocycles.